The van der Waals surface area contributed by atoms with E-state index in [4.69, 9.17) is 16.3 Å². The Bertz CT molecular complexity index is 522. The maximum Gasteiger partial charge on any atom is 0.127 e. The lowest BCUT2D eigenvalue weighted by molar-refractivity contribution is 0.482. The van der Waals surface area contributed by atoms with Crippen LogP contribution in [0, 0.1) is 0 Å². The molecule has 2 rings (SSSR count). The van der Waals surface area contributed by atoms with Gasteiger partial charge >= 0.3 is 0 Å². The van der Waals surface area contributed by atoms with E-state index in [9.17, 15) is 0 Å². The van der Waals surface area contributed by atoms with Gasteiger partial charge in [-0.1, -0.05) is 31.9 Å². The second-order valence-electron chi connectivity index (χ2n) is 4.91. The first kappa shape index (κ1) is 16.3. The number of thioether (sulfide) groups is 1. The van der Waals surface area contributed by atoms with Crippen LogP contribution in [-0.2, 0) is 5.88 Å². The molecule has 0 aromatic heterocycles. The first-order chi connectivity index (χ1) is 10.3. The molecule has 2 aromatic carbocycles. The van der Waals surface area contributed by atoms with Gasteiger partial charge in [0.15, 0.2) is 0 Å². The summed E-state index contributed by atoms with van der Waals surface area (Å²) < 4.78 is 5.82. The lowest BCUT2D eigenvalue weighted by Gasteiger charge is -2.07. The Labute approximate surface area is 136 Å². The highest BCUT2D eigenvalue weighted by Crippen LogP contribution is 2.26. The maximum absolute atomic E-state index is 5.82. The lowest BCUT2D eigenvalue weighted by Crippen LogP contribution is -1.85. The monoisotopic (exact) mass is 320 g/mol. The number of unbranched alkanes of at least 4 members (excludes halogenated alkanes) is 2. The zero-order chi connectivity index (χ0) is 14.9. The van der Waals surface area contributed by atoms with E-state index in [2.05, 4.69) is 19.1 Å². The van der Waals surface area contributed by atoms with Crippen molar-refractivity contribution in [2.24, 2.45) is 0 Å². The summed E-state index contributed by atoms with van der Waals surface area (Å²) in [5.74, 6) is 3.43. The molecule has 0 fully saturated rings. The van der Waals surface area contributed by atoms with Crippen LogP contribution in [0.2, 0.25) is 0 Å². The fourth-order valence-corrected chi connectivity index (χ4v) is 3.02. The summed E-state index contributed by atoms with van der Waals surface area (Å²) in [5.41, 5.74) is 1.10. The maximum atomic E-state index is 5.82. The first-order valence-corrected chi connectivity index (χ1v) is 8.89. The molecule has 0 N–H and O–H groups in total. The van der Waals surface area contributed by atoms with Gasteiger partial charge in [0.2, 0.25) is 0 Å². The van der Waals surface area contributed by atoms with Gasteiger partial charge in [-0.15, -0.1) is 23.4 Å². The molecular weight excluding hydrogens is 300 g/mol. The van der Waals surface area contributed by atoms with E-state index in [1.54, 1.807) is 0 Å². The lowest BCUT2D eigenvalue weighted by atomic mass is 10.2. The van der Waals surface area contributed by atoms with Crippen molar-refractivity contribution in [1.29, 1.82) is 0 Å². The smallest absolute Gasteiger partial charge is 0.127 e. The molecule has 0 saturated heterocycles. The molecule has 21 heavy (non-hydrogen) atoms. The molecule has 0 spiro atoms. The van der Waals surface area contributed by atoms with Crippen molar-refractivity contribution in [3.8, 4) is 11.5 Å². The summed E-state index contributed by atoms with van der Waals surface area (Å²) in [6.45, 7) is 2.23. The van der Waals surface area contributed by atoms with Crippen LogP contribution in [0.4, 0.5) is 0 Å². The van der Waals surface area contributed by atoms with Crippen molar-refractivity contribution in [2.45, 2.75) is 37.0 Å². The van der Waals surface area contributed by atoms with E-state index in [0.29, 0.717) is 5.88 Å². The quantitative estimate of drug-likeness (QED) is 0.312. The minimum atomic E-state index is 0.532. The fraction of sp³-hybridized carbons (Fsp3) is 0.333. The molecular formula is C18H21ClOS. The van der Waals surface area contributed by atoms with Crippen molar-refractivity contribution in [3.05, 3.63) is 54.1 Å². The third kappa shape index (κ3) is 5.64. The Morgan fingerprint density at radius 1 is 0.905 bits per heavy atom. The van der Waals surface area contributed by atoms with Gasteiger partial charge in [-0.25, -0.2) is 0 Å². The van der Waals surface area contributed by atoms with E-state index < -0.39 is 0 Å². The topological polar surface area (TPSA) is 9.23 Å². The zero-order valence-electron chi connectivity index (χ0n) is 12.3. The summed E-state index contributed by atoms with van der Waals surface area (Å²) in [4.78, 5) is 1.30. The normalized spacial score (nSPS) is 10.6. The summed E-state index contributed by atoms with van der Waals surface area (Å²) in [6.07, 6.45) is 3.87. The Balaban J connectivity index is 1.86. The molecule has 0 amide bonds. The SMILES string of the molecule is CCCCCSc1ccc(Oc2ccc(CCl)cc2)cc1. The summed E-state index contributed by atoms with van der Waals surface area (Å²) in [6, 6.07) is 16.2. The van der Waals surface area contributed by atoms with Gasteiger partial charge in [-0.2, -0.15) is 0 Å². The second kappa shape index (κ2) is 9.01. The van der Waals surface area contributed by atoms with Crippen LogP contribution >= 0.6 is 23.4 Å². The molecule has 0 saturated carbocycles. The summed E-state index contributed by atoms with van der Waals surface area (Å²) >= 11 is 7.69. The van der Waals surface area contributed by atoms with Crippen molar-refractivity contribution in [1.82, 2.24) is 0 Å². The number of hydrogen-bond acceptors (Lipinski definition) is 2. The van der Waals surface area contributed by atoms with Crippen molar-refractivity contribution >= 4 is 23.4 Å². The van der Waals surface area contributed by atoms with Crippen molar-refractivity contribution in [2.75, 3.05) is 5.75 Å². The van der Waals surface area contributed by atoms with Gasteiger partial charge in [0, 0.05) is 10.8 Å². The second-order valence-corrected chi connectivity index (χ2v) is 6.34. The predicted molar refractivity (Wildman–Crippen MR) is 92.8 cm³/mol. The first-order valence-electron chi connectivity index (χ1n) is 7.37. The van der Waals surface area contributed by atoms with Gasteiger partial charge < -0.3 is 4.74 Å². The van der Waals surface area contributed by atoms with Gasteiger partial charge in [-0.3, -0.25) is 0 Å². The van der Waals surface area contributed by atoms with Gasteiger partial charge in [0.05, 0.1) is 0 Å². The molecule has 112 valence electrons. The van der Waals surface area contributed by atoms with Crippen molar-refractivity contribution in [3.63, 3.8) is 0 Å². The van der Waals surface area contributed by atoms with E-state index in [0.717, 1.165) is 17.1 Å². The molecule has 1 nitrogen and oxygen atoms in total. The highest BCUT2D eigenvalue weighted by atomic mass is 35.5. The molecule has 0 radical (unpaired) electrons. The Hall–Kier alpha value is -1.12. The van der Waals surface area contributed by atoms with Gasteiger partial charge in [0.25, 0.3) is 0 Å². The molecule has 0 bridgehead atoms. The third-order valence-corrected chi connectivity index (χ3v) is 4.56. The minimum absolute atomic E-state index is 0.532. The highest BCUT2D eigenvalue weighted by Gasteiger charge is 1.99. The van der Waals surface area contributed by atoms with E-state index in [-0.39, 0.29) is 0 Å². The van der Waals surface area contributed by atoms with Crippen molar-refractivity contribution < 1.29 is 4.74 Å². The number of halogens is 1. The van der Waals surface area contributed by atoms with Crippen LogP contribution in [0.3, 0.4) is 0 Å². The number of rotatable bonds is 8. The molecule has 0 atom stereocenters. The predicted octanol–water partition coefficient (Wildman–Crippen LogP) is 6.50. The Morgan fingerprint density at radius 2 is 1.52 bits per heavy atom. The number of benzene rings is 2. The largest absolute Gasteiger partial charge is 0.457 e. The number of alkyl halides is 1. The average molecular weight is 321 g/mol. The molecule has 0 aliphatic rings. The molecule has 3 heteroatoms. The summed E-state index contributed by atoms with van der Waals surface area (Å²) in [7, 11) is 0. The third-order valence-electron chi connectivity index (χ3n) is 3.15. The van der Waals surface area contributed by atoms with Gasteiger partial charge in [0.1, 0.15) is 11.5 Å². The molecule has 2 aromatic rings. The minimum Gasteiger partial charge on any atom is -0.457 e. The van der Waals surface area contributed by atoms with Crippen LogP contribution < -0.4 is 4.74 Å². The van der Waals surface area contributed by atoms with E-state index in [1.807, 2.05) is 48.2 Å². The summed E-state index contributed by atoms with van der Waals surface area (Å²) in [5, 5.41) is 0. The van der Waals surface area contributed by atoms with Crippen LogP contribution in [0.5, 0.6) is 11.5 Å². The molecule has 0 unspecified atom stereocenters. The molecule has 0 heterocycles. The molecule has 0 aliphatic heterocycles. The number of ether oxygens (including phenoxy) is 1. The van der Waals surface area contributed by atoms with E-state index >= 15 is 0 Å². The average Bonchev–Trinajstić information content (AvgIpc) is 2.54. The van der Waals surface area contributed by atoms with Crippen LogP contribution in [-0.4, -0.2) is 5.75 Å². The van der Waals surface area contributed by atoms with E-state index in [1.165, 1.54) is 29.9 Å². The highest BCUT2D eigenvalue weighted by molar-refractivity contribution is 7.99. The Kier molecular flexibility index (Phi) is 6.98. The Morgan fingerprint density at radius 3 is 2.10 bits per heavy atom. The van der Waals surface area contributed by atoms with Crippen LogP contribution in [0.15, 0.2) is 53.4 Å². The zero-order valence-corrected chi connectivity index (χ0v) is 13.9. The van der Waals surface area contributed by atoms with Crippen LogP contribution in [0.25, 0.3) is 0 Å². The van der Waals surface area contributed by atoms with Gasteiger partial charge in [-0.05, 0) is 54.1 Å². The standard InChI is InChI=1S/C18H21ClOS/c1-2-3-4-13-21-18-11-9-17(10-12-18)20-16-7-5-15(14-19)6-8-16/h5-12H,2-4,13-14H2,1H3. The number of hydrogen-bond donors (Lipinski definition) is 0. The van der Waals surface area contributed by atoms with Crippen LogP contribution in [0.1, 0.15) is 31.7 Å². The molecule has 0 aliphatic carbocycles. The fourth-order valence-electron chi connectivity index (χ4n) is 1.93.